The Balaban J connectivity index is 2.21. The molecule has 19 heavy (non-hydrogen) atoms. The standard InChI is InChI=1S/C14H13BrClFN2/c1-18-14(13-5-3-10(16)8-19-13)6-9-2-4-11(17)7-12(9)15/h2-5,7-8,14,18H,6H2,1H3. The second-order valence-corrected chi connectivity index (χ2v) is 5.47. The predicted octanol–water partition coefficient (Wildman–Crippen LogP) is 4.14. The number of pyridine rings is 1. The maximum Gasteiger partial charge on any atom is 0.124 e. The molecule has 2 nitrogen and oxygen atoms in total. The number of hydrogen-bond donors (Lipinski definition) is 1. The van der Waals surface area contributed by atoms with Crippen LogP contribution in [-0.2, 0) is 6.42 Å². The topological polar surface area (TPSA) is 24.9 Å². The van der Waals surface area contributed by atoms with Crippen molar-refractivity contribution in [2.24, 2.45) is 0 Å². The van der Waals surface area contributed by atoms with Crippen molar-refractivity contribution in [3.8, 4) is 0 Å². The van der Waals surface area contributed by atoms with Gasteiger partial charge in [0.25, 0.3) is 0 Å². The van der Waals surface area contributed by atoms with Gasteiger partial charge in [0.2, 0.25) is 0 Å². The molecule has 0 amide bonds. The van der Waals surface area contributed by atoms with Gasteiger partial charge < -0.3 is 5.32 Å². The van der Waals surface area contributed by atoms with E-state index in [9.17, 15) is 4.39 Å². The molecule has 100 valence electrons. The van der Waals surface area contributed by atoms with Gasteiger partial charge in [0.15, 0.2) is 0 Å². The minimum atomic E-state index is -0.249. The van der Waals surface area contributed by atoms with Gasteiger partial charge in [0.05, 0.1) is 16.8 Å². The summed E-state index contributed by atoms with van der Waals surface area (Å²) in [5, 5.41) is 3.82. The van der Waals surface area contributed by atoms with Gasteiger partial charge in [-0.3, -0.25) is 4.98 Å². The summed E-state index contributed by atoms with van der Waals surface area (Å²) < 4.78 is 13.8. The lowest BCUT2D eigenvalue weighted by Gasteiger charge is -2.16. The predicted molar refractivity (Wildman–Crippen MR) is 78.9 cm³/mol. The number of likely N-dealkylation sites (N-methyl/N-ethyl adjacent to an activating group) is 1. The third-order valence-electron chi connectivity index (χ3n) is 2.89. The average Bonchev–Trinajstić information content (AvgIpc) is 2.39. The molecule has 0 saturated carbocycles. The van der Waals surface area contributed by atoms with E-state index in [0.29, 0.717) is 11.4 Å². The molecular formula is C14H13BrClFN2. The summed E-state index contributed by atoms with van der Waals surface area (Å²) in [7, 11) is 1.87. The summed E-state index contributed by atoms with van der Waals surface area (Å²) in [6.07, 6.45) is 2.34. The van der Waals surface area contributed by atoms with Crippen molar-refractivity contribution in [3.63, 3.8) is 0 Å². The molecule has 0 aliphatic rings. The van der Waals surface area contributed by atoms with Crippen molar-refractivity contribution < 1.29 is 4.39 Å². The SMILES string of the molecule is CNC(Cc1ccc(F)cc1Br)c1ccc(Cl)cn1. The van der Waals surface area contributed by atoms with Crippen molar-refractivity contribution in [3.05, 3.63) is 63.1 Å². The van der Waals surface area contributed by atoms with E-state index in [4.69, 9.17) is 11.6 Å². The molecule has 1 aromatic heterocycles. The highest BCUT2D eigenvalue weighted by Gasteiger charge is 2.13. The molecule has 2 aromatic rings. The molecule has 5 heteroatoms. The second kappa shape index (κ2) is 6.46. The van der Waals surface area contributed by atoms with Crippen LogP contribution in [0.3, 0.4) is 0 Å². The fourth-order valence-corrected chi connectivity index (χ4v) is 2.48. The smallest absolute Gasteiger partial charge is 0.124 e. The van der Waals surface area contributed by atoms with Gasteiger partial charge in [-0.05, 0) is 43.3 Å². The van der Waals surface area contributed by atoms with Gasteiger partial charge in [0, 0.05) is 10.7 Å². The lowest BCUT2D eigenvalue weighted by molar-refractivity contribution is 0.572. The molecule has 0 fully saturated rings. The summed E-state index contributed by atoms with van der Waals surface area (Å²) >= 11 is 9.21. The molecule has 0 bridgehead atoms. The van der Waals surface area contributed by atoms with E-state index in [2.05, 4.69) is 26.2 Å². The Morgan fingerprint density at radius 2 is 2.16 bits per heavy atom. The summed E-state index contributed by atoms with van der Waals surface area (Å²) in [4.78, 5) is 4.31. The Kier molecular flexibility index (Phi) is 4.91. The molecule has 0 radical (unpaired) electrons. The van der Waals surface area contributed by atoms with Crippen LogP contribution in [-0.4, -0.2) is 12.0 Å². The van der Waals surface area contributed by atoms with Crippen molar-refractivity contribution in [2.45, 2.75) is 12.5 Å². The van der Waals surface area contributed by atoms with E-state index >= 15 is 0 Å². The molecule has 2 rings (SSSR count). The van der Waals surface area contributed by atoms with Crippen LogP contribution in [0.25, 0.3) is 0 Å². The van der Waals surface area contributed by atoms with Crippen LogP contribution >= 0.6 is 27.5 Å². The normalized spacial score (nSPS) is 12.4. The highest BCUT2D eigenvalue weighted by molar-refractivity contribution is 9.10. The summed E-state index contributed by atoms with van der Waals surface area (Å²) in [6, 6.07) is 8.47. The molecule has 1 unspecified atom stereocenters. The first-order valence-corrected chi connectivity index (χ1v) is 7.00. The second-order valence-electron chi connectivity index (χ2n) is 4.18. The van der Waals surface area contributed by atoms with E-state index in [1.54, 1.807) is 12.3 Å². The molecule has 1 atom stereocenters. The van der Waals surface area contributed by atoms with Gasteiger partial charge in [-0.2, -0.15) is 0 Å². The number of halogens is 3. The van der Waals surface area contributed by atoms with Gasteiger partial charge in [-0.25, -0.2) is 4.39 Å². The van der Waals surface area contributed by atoms with Gasteiger partial charge >= 0.3 is 0 Å². The fourth-order valence-electron chi connectivity index (χ4n) is 1.86. The van der Waals surface area contributed by atoms with Crippen LogP contribution in [0.2, 0.25) is 5.02 Å². The Hall–Kier alpha value is -0.970. The Morgan fingerprint density at radius 1 is 1.37 bits per heavy atom. The maximum absolute atomic E-state index is 13.1. The minimum absolute atomic E-state index is 0.0547. The summed E-state index contributed by atoms with van der Waals surface area (Å²) in [5.74, 6) is -0.249. The number of hydrogen-bond acceptors (Lipinski definition) is 2. The highest BCUT2D eigenvalue weighted by Crippen LogP contribution is 2.24. The monoisotopic (exact) mass is 342 g/mol. The number of rotatable bonds is 4. The largest absolute Gasteiger partial charge is 0.311 e. The zero-order valence-corrected chi connectivity index (χ0v) is 12.7. The maximum atomic E-state index is 13.1. The van der Waals surface area contributed by atoms with Crippen LogP contribution in [0.4, 0.5) is 4.39 Å². The van der Waals surface area contributed by atoms with Crippen molar-refractivity contribution in [1.82, 2.24) is 10.3 Å². The average molecular weight is 344 g/mol. The molecule has 0 aliphatic heterocycles. The van der Waals surface area contributed by atoms with E-state index in [0.717, 1.165) is 15.7 Å². The highest BCUT2D eigenvalue weighted by atomic mass is 79.9. The van der Waals surface area contributed by atoms with E-state index < -0.39 is 0 Å². The Bertz CT molecular complexity index is 560. The van der Waals surface area contributed by atoms with Gasteiger partial charge in [0.1, 0.15) is 5.82 Å². The zero-order chi connectivity index (χ0) is 13.8. The minimum Gasteiger partial charge on any atom is -0.311 e. The van der Waals surface area contributed by atoms with Crippen molar-refractivity contribution >= 4 is 27.5 Å². The number of nitrogens with one attached hydrogen (secondary N) is 1. The molecule has 1 N–H and O–H groups in total. The molecule has 0 saturated heterocycles. The first-order valence-electron chi connectivity index (χ1n) is 5.83. The molecule has 1 aromatic carbocycles. The van der Waals surface area contributed by atoms with Crippen molar-refractivity contribution in [2.75, 3.05) is 7.05 Å². The first kappa shape index (κ1) is 14.4. The first-order chi connectivity index (χ1) is 9.10. The zero-order valence-electron chi connectivity index (χ0n) is 10.3. The van der Waals surface area contributed by atoms with Crippen molar-refractivity contribution in [1.29, 1.82) is 0 Å². The van der Waals surface area contributed by atoms with E-state index in [-0.39, 0.29) is 11.9 Å². The number of benzene rings is 1. The Morgan fingerprint density at radius 3 is 2.74 bits per heavy atom. The van der Waals surface area contributed by atoms with Crippen LogP contribution in [0.15, 0.2) is 41.0 Å². The quantitative estimate of drug-likeness (QED) is 0.902. The molecular weight excluding hydrogens is 331 g/mol. The van der Waals surface area contributed by atoms with Gasteiger partial charge in [-0.1, -0.05) is 33.6 Å². The van der Waals surface area contributed by atoms with Crippen LogP contribution in [0, 0.1) is 5.82 Å². The van der Waals surface area contributed by atoms with Crippen LogP contribution < -0.4 is 5.32 Å². The summed E-state index contributed by atoms with van der Waals surface area (Å²) in [6.45, 7) is 0. The third kappa shape index (κ3) is 3.75. The lowest BCUT2D eigenvalue weighted by Crippen LogP contribution is -2.20. The van der Waals surface area contributed by atoms with Crippen LogP contribution in [0.5, 0.6) is 0 Å². The van der Waals surface area contributed by atoms with Gasteiger partial charge in [-0.15, -0.1) is 0 Å². The molecule has 0 aliphatic carbocycles. The number of aromatic nitrogens is 1. The van der Waals surface area contributed by atoms with E-state index in [1.165, 1.54) is 12.1 Å². The number of nitrogens with zero attached hydrogens (tertiary/aromatic N) is 1. The molecule has 1 heterocycles. The van der Waals surface area contributed by atoms with E-state index in [1.807, 2.05) is 19.2 Å². The third-order valence-corrected chi connectivity index (χ3v) is 3.86. The fraction of sp³-hybridized carbons (Fsp3) is 0.214. The molecule has 0 spiro atoms. The Labute approximate surface area is 125 Å². The lowest BCUT2D eigenvalue weighted by atomic mass is 10.0. The van der Waals surface area contributed by atoms with Crippen LogP contribution in [0.1, 0.15) is 17.3 Å². The summed E-state index contributed by atoms with van der Waals surface area (Å²) in [5.41, 5.74) is 1.93.